The minimum Gasteiger partial charge on any atom is -0.458 e. The van der Waals surface area contributed by atoms with Gasteiger partial charge in [-0.05, 0) is 38.2 Å². The number of carbonyl (C=O) groups excluding carboxylic acids is 2. The molecule has 0 spiro atoms. The third kappa shape index (κ3) is 18.8. The van der Waals surface area contributed by atoms with Gasteiger partial charge in [0.1, 0.15) is 6.10 Å². The van der Waals surface area contributed by atoms with Gasteiger partial charge in [0.05, 0.1) is 6.26 Å². The first kappa shape index (κ1) is 24.4. The van der Waals surface area contributed by atoms with E-state index in [0.29, 0.717) is 0 Å². The van der Waals surface area contributed by atoms with Gasteiger partial charge in [-0.2, -0.15) is 0 Å². The molecule has 0 saturated carbocycles. The Morgan fingerprint density at radius 2 is 1.38 bits per heavy atom. The first-order valence-corrected chi connectivity index (χ1v) is 10.2. The molecular weight excluding hydrogens is 328 g/mol. The fourth-order valence-corrected chi connectivity index (χ4v) is 2.68. The van der Waals surface area contributed by atoms with Gasteiger partial charge in [-0.3, -0.25) is 9.59 Å². The molecule has 0 fully saturated rings. The molecule has 0 bridgehead atoms. The molecule has 4 nitrogen and oxygen atoms in total. The van der Waals surface area contributed by atoms with Crippen LogP contribution in [0.25, 0.3) is 0 Å². The van der Waals surface area contributed by atoms with E-state index in [1.54, 1.807) is 6.08 Å². The molecular formula is C22H38O4. The molecule has 0 aromatic carbocycles. The number of carbonyl (C=O) groups is 2. The second kappa shape index (κ2) is 18.2. The van der Waals surface area contributed by atoms with Gasteiger partial charge in [-0.1, -0.05) is 64.0 Å². The Labute approximate surface area is 160 Å². The van der Waals surface area contributed by atoms with Crippen LogP contribution in [0.15, 0.2) is 24.5 Å². The van der Waals surface area contributed by atoms with Gasteiger partial charge in [0.15, 0.2) is 0 Å². The van der Waals surface area contributed by atoms with Crippen molar-refractivity contribution in [2.24, 2.45) is 0 Å². The number of allylic oxidation sites excluding steroid dienone is 2. The summed E-state index contributed by atoms with van der Waals surface area (Å²) in [6, 6.07) is 0. The highest BCUT2D eigenvalue weighted by Gasteiger charge is 2.08. The molecule has 0 N–H and O–H groups in total. The molecule has 0 aromatic heterocycles. The van der Waals surface area contributed by atoms with Crippen LogP contribution in [0.1, 0.15) is 97.8 Å². The molecule has 0 amide bonds. The zero-order chi connectivity index (χ0) is 19.5. The predicted octanol–water partition coefficient (Wildman–Crippen LogP) is 6.25. The lowest BCUT2D eigenvalue weighted by atomic mass is 10.1. The monoisotopic (exact) mass is 366 g/mol. The lowest BCUT2D eigenvalue weighted by Crippen LogP contribution is -2.13. The lowest BCUT2D eigenvalue weighted by Gasteiger charge is -2.12. The molecule has 0 rings (SSSR count). The summed E-state index contributed by atoms with van der Waals surface area (Å²) in [5.41, 5.74) is 0. The molecule has 26 heavy (non-hydrogen) atoms. The summed E-state index contributed by atoms with van der Waals surface area (Å²) < 4.78 is 9.97. The van der Waals surface area contributed by atoms with E-state index in [-0.39, 0.29) is 18.0 Å². The zero-order valence-electron chi connectivity index (χ0n) is 17.0. The van der Waals surface area contributed by atoms with Crippen LogP contribution in [-0.4, -0.2) is 18.0 Å². The van der Waals surface area contributed by atoms with E-state index in [1.807, 2.05) is 0 Å². The van der Waals surface area contributed by atoms with Gasteiger partial charge >= 0.3 is 11.9 Å². The van der Waals surface area contributed by atoms with Crippen LogP contribution in [0.2, 0.25) is 0 Å². The molecule has 0 heterocycles. The number of rotatable bonds is 16. The highest BCUT2D eigenvalue weighted by molar-refractivity contribution is 5.67. The number of esters is 2. The van der Waals surface area contributed by atoms with Crippen molar-refractivity contribution >= 4 is 11.9 Å². The highest BCUT2D eigenvalue weighted by Crippen LogP contribution is 2.13. The van der Waals surface area contributed by atoms with Crippen LogP contribution in [-0.2, 0) is 19.1 Å². The van der Waals surface area contributed by atoms with E-state index in [1.165, 1.54) is 77.9 Å². The number of hydrogen-bond acceptors (Lipinski definition) is 4. The molecule has 4 heteroatoms. The summed E-state index contributed by atoms with van der Waals surface area (Å²) >= 11 is 0. The molecule has 0 saturated heterocycles. The van der Waals surface area contributed by atoms with Crippen LogP contribution >= 0.6 is 0 Å². The van der Waals surface area contributed by atoms with Crippen molar-refractivity contribution in [3.8, 4) is 0 Å². The summed E-state index contributed by atoms with van der Waals surface area (Å²) in [5.74, 6) is -0.689. The van der Waals surface area contributed by atoms with Crippen LogP contribution in [0.3, 0.4) is 0 Å². The molecule has 0 radical (unpaired) electrons. The summed E-state index contributed by atoms with van der Waals surface area (Å²) in [5, 5.41) is 0. The average Bonchev–Trinajstić information content (AvgIpc) is 2.58. The first-order valence-electron chi connectivity index (χ1n) is 10.2. The molecule has 0 aromatic rings. The summed E-state index contributed by atoms with van der Waals surface area (Å²) in [6.07, 6.45) is 21.6. The quantitative estimate of drug-likeness (QED) is 0.140. The molecule has 1 unspecified atom stereocenters. The Morgan fingerprint density at radius 1 is 0.808 bits per heavy atom. The Bertz CT molecular complexity index is 412. The molecule has 0 aliphatic carbocycles. The van der Waals surface area contributed by atoms with Crippen molar-refractivity contribution in [2.75, 3.05) is 0 Å². The standard InChI is InChI=1S/C22H38O4/c1-4-5-6-7-8-9-10-11-12-13-14-15-16-17-22(26-21(3)24)18-19-25-20(2)23/h7-8,18-19,22H,4-6,9-17H2,1-3H3/b8-7-,19-18-. The fourth-order valence-electron chi connectivity index (χ4n) is 2.68. The van der Waals surface area contributed by atoms with E-state index in [9.17, 15) is 9.59 Å². The van der Waals surface area contributed by atoms with Gasteiger partial charge in [-0.25, -0.2) is 0 Å². The fraction of sp³-hybridized carbons (Fsp3) is 0.727. The summed E-state index contributed by atoms with van der Waals surface area (Å²) in [4.78, 5) is 21.9. The summed E-state index contributed by atoms with van der Waals surface area (Å²) in [7, 11) is 0. The second-order valence-corrected chi connectivity index (χ2v) is 6.75. The number of unbranched alkanes of at least 4 members (excludes halogenated alkanes) is 9. The minimum atomic E-state index is -0.376. The SMILES string of the molecule is CCCC/C=C\CCCCCCCCCC(/C=C\OC(C)=O)OC(C)=O. The molecule has 0 aliphatic rings. The topological polar surface area (TPSA) is 52.6 Å². The van der Waals surface area contributed by atoms with Crippen LogP contribution in [0.5, 0.6) is 0 Å². The van der Waals surface area contributed by atoms with Crippen molar-refractivity contribution in [3.63, 3.8) is 0 Å². The van der Waals surface area contributed by atoms with Crippen molar-refractivity contribution in [1.29, 1.82) is 0 Å². The van der Waals surface area contributed by atoms with Crippen molar-refractivity contribution in [1.82, 2.24) is 0 Å². The molecule has 150 valence electrons. The van der Waals surface area contributed by atoms with Gasteiger partial charge in [0.2, 0.25) is 0 Å². The predicted molar refractivity (Wildman–Crippen MR) is 107 cm³/mol. The number of hydrogen-bond donors (Lipinski definition) is 0. The Kier molecular flexibility index (Phi) is 17.1. The normalized spacial score (nSPS) is 12.6. The van der Waals surface area contributed by atoms with Gasteiger partial charge < -0.3 is 9.47 Å². The maximum atomic E-state index is 11.1. The smallest absolute Gasteiger partial charge is 0.307 e. The zero-order valence-corrected chi connectivity index (χ0v) is 17.0. The Balaban J connectivity index is 3.62. The van der Waals surface area contributed by atoms with E-state index in [4.69, 9.17) is 9.47 Å². The largest absolute Gasteiger partial charge is 0.458 e. The summed E-state index contributed by atoms with van der Waals surface area (Å²) in [6.45, 7) is 4.96. The van der Waals surface area contributed by atoms with E-state index in [0.717, 1.165) is 19.3 Å². The van der Waals surface area contributed by atoms with Gasteiger partial charge in [0.25, 0.3) is 0 Å². The van der Waals surface area contributed by atoms with Gasteiger partial charge in [-0.15, -0.1) is 0 Å². The van der Waals surface area contributed by atoms with Crippen molar-refractivity contribution in [2.45, 2.75) is 104 Å². The third-order valence-electron chi connectivity index (χ3n) is 4.10. The average molecular weight is 367 g/mol. The van der Waals surface area contributed by atoms with Crippen LogP contribution in [0, 0.1) is 0 Å². The lowest BCUT2D eigenvalue weighted by molar-refractivity contribution is -0.144. The minimum absolute atomic E-state index is 0.314. The Morgan fingerprint density at radius 3 is 1.96 bits per heavy atom. The van der Waals surface area contributed by atoms with Crippen LogP contribution in [0.4, 0.5) is 0 Å². The second-order valence-electron chi connectivity index (χ2n) is 6.75. The first-order chi connectivity index (χ1) is 12.6. The van der Waals surface area contributed by atoms with E-state index < -0.39 is 0 Å². The maximum Gasteiger partial charge on any atom is 0.307 e. The molecule has 1 atom stereocenters. The maximum absolute atomic E-state index is 11.1. The van der Waals surface area contributed by atoms with Crippen molar-refractivity contribution in [3.05, 3.63) is 24.5 Å². The number of ether oxygens (including phenoxy) is 2. The van der Waals surface area contributed by atoms with Gasteiger partial charge in [0, 0.05) is 13.8 Å². The highest BCUT2D eigenvalue weighted by atomic mass is 16.5. The van der Waals surface area contributed by atoms with E-state index >= 15 is 0 Å². The van der Waals surface area contributed by atoms with Crippen molar-refractivity contribution < 1.29 is 19.1 Å². The van der Waals surface area contributed by atoms with Crippen LogP contribution < -0.4 is 0 Å². The third-order valence-corrected chi connectivity index (χ3v) is 4.10. The Hall–Kier alpha value is -1.58. The molecule has 0 aliphatic heterocycles. The van der Waals surface area contributed by atoms with E-state index in [2.05, 4.69) is 19.1 Å².